The average Bonchev–Trinajstić information content (AvgIpc) is 3.18. The molecule has 8 heteroatoms. The van der Waals surface area contributed by atoms with Gasteiger partial charge in [-0.15, -0.1) is 10.2 Å². The second kappa shape index (κ2) is 5.88. The Morgan fingerprint density at radius 3 is 2.91 bits per heavy atom. The molecule has 1 fully saturated rings. The van der Waals surface area contributed by atoms with Crippen molar-refractivity contribution in [3.8, 4) is 5.75 Å². The van der Waals surface area contributed by atoms with Crippen molar-refractivity contribution in [1.82, 2.24) is 14.8 Å². The Kier molecular flexibility index (Phi) is 3.93. The fourth-order valence-electron chi connectivity index (χ4n) is 2.17. The molecule has 0 aromatic carbocycles. The molecule has 116 valence electrons. The predicted molar refractivity (Wildman–Crippen MR) is 82.2 cm³/mol. The molecule has 0 atom stereocenters. The summed E-state index contributed by atoms with van der Waals surface area (Å²) in [6.07, 6.45) is 2.45. The number of anilines is 1. The van der Waals surface area contributed by atoms with Gasteiger partial charge in [0.25, 0.3) is 5.56 Å². The van der Waals surface area contributed by atoms with Gasteiger partial charge in [0.15, 0.2) is 0 Å². The molecule has 0 saturated heterocycles. The number of nitrogens with zero attached hydrogens (tertiary/aromatic N) is 3. The second-order valence-corrected chi connectivity index (χ2v) is 6.37. The van der Waals surface area contributed by atoms with Crippen molar-refractivity contribution in [2.75, 3.05) is 5.32 Å². The zero-order valence-corrected chi connectivity index (χ0v) is 12.9. The molecule has 1 amide bonds. The molecule has 1 aliphatic carbocycles. The van der Waals surface area contributed by atoms with E-state index in [1.54, 1.807) is 6.92 Å². The molecule has 0 bridgehead atoms. The van der Waals surface area contributed by atoms with Crippen molar-refractivity contribution in [2.24, 2.45) is 0 Å². The van der Waals surface area contributed by atoms with Crippen molar-refractivity contribution < 1.29 is 9.90 Å². The molecule has 0 unspecified atom stereocenters. The first kappa shape index (κ1) is 14.7. The molecule has 1 saturated carbocycles. The van der Waals surface area contributed by atoms with E-state index in [2.05, 4.69) is 15.5 Å². The van der Waals surface area contributed by atoms with Gasteiger partial charge in [0.1, 0.15) is 10.8 Å². The highest BCUT2D eigenvalue weighted by molar-refractivity contribution is 7.15. The number of carbonyl (C=O) groups excluding carboxylic acids is 1. The molecule has 2 heterocycles. The van der Waals surface area contributed by atoms with Crippen molar-refractivity contribution in [3.63, 3.8) is 0 Å². The van der Waals surface area contributed by atoms with E-state index in [-0.39, 0.29) is 30.2 Å². The van der Waals surface area contributed by atoms with E-state index < -0.39 is 0 Å². The van der Waals surface area contributed by atoms with Crippen molar-refractivity contribution >= 4 is 22.4 Å². The van der Waals surface area contributed by atoms with E-state index in [0.717, 1.165) is 23.9 Å². The SMILES string of the molecule is Cc1cc(O)cc(=O)n1CCC(=O)Nc1nnc(C2CC2)s1. The third-order valence-corrected chi connectivity index (χ3v) is 4.50. The smallest absolute Gasteiger partial charge is 0.254 e. The summed E-state index contributed by atoms with van der Waals surface area (Å²) in [6, 6.07) is 2.63. The fourth-order valence-corrected chi connectivity index (χ4v) is 3.10. The van der Waals surface area contributed by atoms with Crippen LogP contribution in [-0.4, -0.2) is 25.8 Å². The first-order valence-electron chi connectivity index (χ1n) is 7.06. The summed E-state index contributed by atoms with van der Waals surface area (Å²) in [5.74, 6) is 0.240. The van der Waals surface area contributed by atoms with Gasteiger partial charge in [0.2, 0.25) is 11.0 Å². The number of hydrogen-bond acceptors (Lipinski definition) is 6. The minimum atomic E-state index is -0.322. The quantitative estimate of drug-likeness (QED) is 0.872. The number of aromatic nitrogens is 3. The lowest BCUT2D eigenvalue weighted by Crippen LogP contribution is -2.24. The molecule has 2 aromatic rings. The largest absolute Gasteiger partial charge is 0.508 e. The third-order valence-electron chi connectivity index (χ3n) is 3.50. The number of carbonyl (C=O) groups is 1. The summed E-state index contributed by atoms with van der Waals surface area (Å²) in [5, 5.41) is 21.5. The number of pyridine rings is 1. The summed E-state index contributed by atoms with van der Waals surface area (Å²) >= 11 is 1.41. The summed E-state index contributed by atoms with van der Waals surface area (Å²) in [6.45, 7) is 1.97. The standard InChI is InChI=1S/C14H16N4O3S/c1-8-6-10(19)7-12(21)18(8)5-4-11(20)15-14-17-16-13(22-14)9-2-3-9/h6-7,9,19H,2-5H2,1H3,(H,15,17,20). The minimum Gasteiger partial charge on any atom is -0.508 e. The Hall–Kier alpha value is -2.22. The Labute approximate surface area is 130 Å². The second-order valence-electron chi connectivity index (χ2n) is 5.36. The summed E-state index contributed by atoms with van der Waals surface area (Å²) in [7, 11) is 0. The van der Waals surface area contributed by atoms with E-state index in [1.165, 1.54) is 22.0 Å². The van der Waals surface area contributed by atoms with Crippen LogP contribution in [0.3, 0.4) is 0 Å². The highest BCUT2D eigenvalue weighted by Crippen LogP contribution is 2.42. The Morgan fingerprint density at radius 2 is 2.23 bits per heavy atom. The lowest BCUT2D eigenvalue weighted by Gasteiger charge is -2.09. The molecule has 22 heavy (non-hydrogen) atoms. The van der Waals surface area contributed by atoms with Gasteiger partial charge in [-0.25, -0.2) is 0 Å². The average molecular weight is 320 g/mol. The van der Waals surface area contributed by atoms with Crippen molar-refractivity contribution in [1.29, 1.82) is 0 Å². The molecule has 2 aromatic heterocycles. The molecule has 7 nitrogen and oxygen atoms in total. The van der Waals surface area contributed by atoms with Gasteiger partial charge < -0.3 is 15.0 Å². The zero-order chi connectivity index (χ0) is 15.7. The van der Waals surface area contributed by atoms with Gasteiger partial charge in [-0.3, -0.25) is 9.59 Å². The Bertz CT molecular complexity index is 764. The summed E-state index contributed by atoms with van der Waals surface area (Å²) in [4.78, 5) is 23.7. The lowest BCUT2D eigenvalue weighted by atomic mass is 10.3. The van der Waals surface area contributed by atoms with Gasteiger partial charge in [-0.1, -0.05) is 11.3 Å². The number of amides is 1. The van der Waals surface area contributed by atoms with Gasteiger partial charge >= 0.3 is 0 Å². The maximum absolute atomic E-state index is 11.9. The normalized spacial score (nSPS) is 14.0. The van der Waals surface area contributed by atoms with Crippen LogP contribution in [0.2, 0.25) is 0 Å². The minimum absolute atomic E-state index is 0.0651. The van der Waals surface area contributed by atoms with Crippen LogP contribution in [0.1, 0.15) is 35.9 Å². The van der Waals surface area contributed by atoms with Gasteiger partial charge in [0.05, 0.1) is 0 Å². The lowest BCUT2D eigenvalue weighted by molar-refractivity contribution is -0.116. The van der Waals surface area contributed by atoms with Crippen molar-refractivity contribution in [2.45, 2.75) is 38.6 Å². The van der Waals surface area contributed by atoms with E-state index in [9.17, 15) is 14.7 Å². The van der Waals surface area contributed by atoms with Crippen molar-refractivity contribution in [3.05, 3.63) is 33.2 Å². The van der Waals surface area contributed by atoms with Crippen LogP contribution in [0.25, 0.3) is 0 Å². The number of hydrogen-bond donors (Lipinski definition) is 2. The van der Waals surface area contributed by atoms with E-state index in [0.29, 0.717) is 16.7 Å². The highest BCUT2D eigenvalue weighted by Gasteiger charge is 2.27. The summed E-state index contributed by atoms with van der Waals surface area (Å²) in [5.41, 5.74) is 0.293. The van der Waals surface area contributed by atoms with Gasteiger partial charge in [-0.2, -0.15) is 0 Å². The topological polar surface area (TPSA) is 97.1 Å². The molecule has 0 aliphatic heterocycles. The van der Waals surface area contributed by atoms with E-state index in [1.807, 2.05) is 0 Å². The number of rotatable bonds is 5. The molecular weight excluding hydrogens is 304 g/mol. The van der Waals surface area contributed by atoms with E-state index >= 15 is 0 Å². The maximum atomic E-state index is 11.9. The van der Waals surface area contributed by atoms with Gasteiger partial charge in [-0.05, 0) is 25.8 Å². The number of nitrogens with one attached hydrogen (secondary N) is 1. The first-order valence-corrected chi connectivity index (χ1v) is 7.88. The third kappa shape index (κ3) is 3.33. The van der Waals surface area contributed by atoms with Crippen LogP contribution in [0.5, 0.6) is 5.75 Å². The monoisotopic (exact) mass is 320 g/mol. The fraction of sp³-hybridized carbons (Fsp3) is 0.429. The molecular formula is C14H16N4O3S. The maximum Gasteiger partial charge on any atom is 0.254 e. The first-order chi connectivity index (χ1) is 10.5. The molecule has 0 radical (unpaired) electrons. The van der Waals surface area contributed by atoms with Gasteiger partial charge in [0, 0.05) is 30.6 Å². The Balaban J connectivity index is 1.59. The Morgan fingerprint density at radius 1 is 1.45 bits per heavy atom. The molecule has 2 N–H and O–H groups in total. The van der Waals surface area contributed by atoms with Crippen LogP contribution in [0.15, 0.2) is 16.9 Å². The highest BCUT2D eigenvalue weighted by atomic mass is 32.1. The molecule has 3 rings (SSSR count). The summed E-state index contributed by atoms with van der Waals surface area (Å²) < 4.78 is 1.45. The van der Waals surface area contributed by atoms with Crippen LogP contribution >= 0.6 is 11.3 Å². The van der Waals surface area contributed by atoms with Crippen LogP contribution in [0, 0.1) is 6.92 Å². The van der Waals surface area contributed by atoms with Crippen LogP contribution in [0.4, 0.5) is 5.13 Å². The van der Waals surface area contributed by atoms with Crippen LogP contribution < -0.4 is 10.9 Å². The number of aryl methyl sites for hydroxylation is 1. The number of aromatic hydroxyl groups is 1. The van der Waals surface area contributed by atoms with Crippen LogP contribution in [-0.2, 0) is 11.3 Å². The molecule has 1 aliphatic rings. The zero-order valence-electron chi connectivity index (χ0n) is 12.1. The van der Waals surface area contributed by atoms with E-state index in [4.69, 9.17) is 0 Å². The predicted octanol–water partition coefficient (Wildman–Crippen LogP) is 1.62. The molecule has 0 spiro atoms.